The molecule has 0 unspecified atom stereocenters. The van der Waals surface area contributed by atoms with Crippen molar-refractivity contribution < 1.29 is 4.57 Å². The van der Waals surface area contributed by atoms with E-state index in [-0.39, 0.29) is 0 Å². The molecule has 1 nitrogen and oxygen atoms in total. The Kier molecular flexibility index (Phi) is 11.2. The Bertz CT molecular complexity index is 1050. The summed E-state index contributed by atoms with van der Waals surface area (Å²) >= 11 is 0. The maximum atomic E-state index is 2.38. The summed E-state index contributed by atoms with van der Waals surface area (Å²) in [5.74, 6) is 0. The first kappa shape index (κ1) is 28.4. The zero-order chi connectivity index (χ0) is 26.5. The van der Waals surface area contributed by atoms with Crippen LogP contribution in [0.4, 0.5) is 0 Å². The molecule has 0 saturated heterocycles. The van der Waals surface area contributed by atoms with Crippen molar-refractivity contribution in [3.8, 4) is 0 Å². The number of aryl methyl sites for hydroxylation is 4. The third kappa shape index (κ3) is 8.19. The van der Waals surface area contributed by atoms with E-state index < -0.39 is 6.15 Å². The van der Waals surface area contributed by atoms with Crippen LogP contribution in [-0.2, 0) is 7.05 Å². The number of hydrogen-bond donors (Lipinski definition) is 0. The molecular weight excluding hydrogens is 445 g/mol. The maximum absolute atomic E-state index is 2.38. The Hall–Kier alpha value is -3.13. The van der Waals surface area contributed by atoms with Gasteiger partial charge in [0.15, 0.2) is 12.4 Å². The summed E-state index contributed by atoms with van der Waals surface area (Å²) in [7, 11) is 2.00. The molecule has 2 heteroatoms. The first-order valence-electron chi connectivity index (χ1n) is 14.2. The van der Waals surface area contributed by atoms with Crippen LogP contribution in [-0.4, -0.2) is 6.15 Å². The molecule has 0 bridgehead atoms. The second-order valence-corrected chi connectivity index (χ2v) is 10.9. The Morgan fingerprint density at radius 2 is 0.892 bits per heavy atom. The van der Waals surface area contributed by atoms with Gasteiger partial charge >= 0.3 is 0 Å². The van der Waals surface area contributed by atoms with Crippen LogP contribution < -0.4 is 21.0 Å². The normalized spacial score (nSPS) is 11.1. The van der Waals surface area contributed by atoms with Crippen LogP contribution in [0.3, 0.4) is 0 Å². The number of nitrogens with zero attached hydrogens (tertiary/aromatic N) is 1. The van der Waals surface area contributed by atoms with E-state index in [1.807, 2.05) is 42.2 Å². The van der Waals surface area contributed by atoms with E-state index in [1.54, 1.807) is 0 Å². The van der Waals surface area contributed by atoms with Crippen LogP contribution in [0.2, 0.25) is 6.32 Å². The number of unbranched alkanes of at least 4 members (excludes halogenated alkanes) is 5. The summed E-state index contributed by atoms with van der Waals surface area (Å²) in [6, 6.07) is 34.0. The van der Waals surface area contributed by atoms with Gasteiger partial charge in [-0.3, -0.25) is 0 Å². The fourth-order valence-electron chi connectivity index (χ4n) is 5.48. The predicted molar refractivity (Wildman–Crippen MR) is 164 cm³/mol. The maximum Gasteiger partial charge on any atom is 0.168 e. The zero-order valence-corrected chi connectivity index (χ0v) is 23.8. The molecule has 0 radical (unpaired) electrons. The van der Waals surface area contributed by atoms with E-state index in [0.717, 1.165) is 0 Å². The quantitative estimate of drug-likeness (QED) is 0.128. The molecule has 4 aromatic rings. The van der Waals surface area contributed by atoms with Crippen LogP contribution in [0.5, 0.6) is 0 Å². The summed E-state index contributed by atoms with van der Waals surface area (Å²) in [6.07, 6.45) is 12.2. The molecular formula is C35H46BN. The highest BCUT2D eigenvalue weighted by Gasteiger charge is 2.29. The predicted octanol–water partition coefficient (Wildman–Crippen LogP) is 6.95. The summed E-state index contributed by atoms with van der Waals surface area (Å²) in [5, 5.41) is 0. The number of aromatic nitrogens is 1. The van der Waals surface area contributed by atoms with Gasteiger partial charge in [-0.15, -0.1) is 0 Å². The summed E-state index contributed by atoms with van der Waals surface area (Å²) in [5.41, 5.74) is 8.41. The molecule has 0 saturated carbocycles. The first-order chi connectivity index (χ1) is 18.0. The van der Waals surface area contributed by atoms with Gasteiger partial charge in [0.1, 0.15) is 7.05 Å². The van der Waals surface area contributed by atoms with Crippen LogP contribution in [0.1, 0.15) is 62.1 Å². The fraction of sp³-hybridized carbons (Fsp3) is 0.343. The Morgan fingerprint density at radius 1 is 0.514 bits per heavy atom. The standard InChI is InChI=1S/C29H38B.C6H8N/c1-5-6-7-8-9-10-23-30(27-17-11-24(2)12-18-27,28-19-13-25(3)14-20-28)29-21-15-26(4)16-22-29;1-7-5-3-2-4-6-7/h11-22H,5-10,23H2,1-4H3;2-6H,1H3/q-1;+1. The highest BCUT2D eigenvalue weighted by Crippen LogP contribution is 2.19. The number of hydrogen-bond acceptors (Lipinski definition) is 0. The molecule has 37 heavy (non-hydrogen) atoms. The molecule has 1 heterocycles. The summed E-state index contributed by atoms with van der Waals surface area (Å²) < 4.78 is 2.00. The molecule has 3 aromatic carbocycles. The van der Waals surface area contributed by atoms with Gasteiger partial charge in [0.2, 0.25) is 0 Å². The van der Waals surface area contributed by atoms with Crippen molar-refractivity contribution in [3.05, 3.63) is 120 Å². The average Bonchev–Trinajstić information content (AvgIpc) is 2.91. The monoisotopic (exact) mass is 491 g/mol. The lowest BCUT2D eigenvalue weighted by atomic mass is 9.14. The third-order valence-electron chi connectivity index (χ3n) is 7.79. The van der Waals surface area contributed by atoms with Crippen molar-refractivity contribution in [2.75, 3.05) is 0 Å². The molecule has 0 amide bonds. The van der Waals surface area contributed by atoms with Gasteiger partial charge in [-0.25, -0.2) is 4.57 Å². The molecule has 0 spiro atoms. The van der Waals surface area contributed by atoms with Gasteiger partial charge in [0.05, 0.1) is 6.15 Å². The number of benzene rings is 3. The van der Waals surface area contributed by atoms with Crippen molar-refractivity contribution in [1.29, 1.82) is 0 Å². The molecule has 0 aliphatic heterocycles. The van der Waals surface area contributed by atoms with Crippen LogP contribution in [0.15, 0.2) is 103 Å². The minimum absolute atomic E-state index is 0.981. The fourth-order valence-corrected chi connectivity index (χ4v) is 5.48. The van der Waals surface area contributed by atoms with Crippen molar-refractivity contribution in [2.24, 2.45) is 7.05 Å². The van der Waals surface area contributed by atoms with E-state index in [2.05, 4.69) is 100 Å². The second-order valence-electron chi connectivity index (χ2n) is 10.9. The lowest BCUT2D eigenvalue weighted by Gasteiger charge is -2.43. The van der Waals surface area contributed by atoms with Crippen molar-refractivity contribution in [1.82, 2.24) is 0 Å². The Morgan fingerprint density at radius 3 is 1.24 bits per heavy atom. The molecule has 4 rings (SSSR count). The van der Waals surface area contributed by atoms with Gasteiger partial charge in [0.25, 0.3) is 0 Å². The number of pyridine rings is 1. The second kappa shape index (κ2) is 14.6. The van der Waals surface area contributed by atoms with Crippen molar-refractivity contribution in [3.63, 3.8) is 0 Å². The van der Waals surface area contributed by atoms with E-state index in [0.29, 0.717) is 0 Å². The van der Waals surface area contributed by atoms with Crippen LogP contribution >= 0.6 is 0 Å². The van der Waals surface area contributed by atoms with Gasteiger partial charge in [0, 0.05) is 12.1 Å². The minimum atomic E-state index is -0.981. The van der Waals surface area contributed by atoms with Crippen LogP contribution in [0.25, 0.3) is 0 Å². The minimum Gasteiger partial charge on any atom is -0.208 e. The number of rotatable bonds is 10. The van der Waals surface area contributed by atoms with Crippen LogP contribution in [0, 0.1) is 20.8 Å². The molecule has 0 aliphatic carbocycles. The van der Waals surface area contributed by atoms with Crippen molar-refractivity contribution in [2.45, 2.75) is 72.5 Å². The molecule has 0 aliphatic rings. The van der Waals surface area contributed by atoms with Crippen molar-refractivity contribution >= 4 is 22.5 Å². The van der Waals surface area contributed by atoms with Gasteiger partial charge in [-0.2, -0.15) is 22.7 Å². The topological polar surface area (TPSA) is 3.88 Å². The summed E-state index contributed by atoms with van der Waals surface area (Å²) in [4.78, 5) is 0. The largest absolute Gasteiger partial charge is 0.208 e. The van der Waals surface area contributed by atoms with E-state index in [9.17, 15) is 0 Å². The van der Waals surface area contributed by atoms with Gasteiger partial charge in [-0.1, -0.05) is 141 Å². The van der Waals surface area contributed by atoms with E-state index in [4.69, 9.17) is 0 Å². The smallest absolute Gasteiger partial charge is 0.168 e. The molecule has 0 fully saturated rings. The van der Waals surface area contributed by atoms with E-state index in [1.165, 1.54) is 77.9 Å². The molecule has 0 atom stereocenters. The highest BCUT2D eigenvalue weighted by atomic mass is 14.9. The molecule has 194 valence electrons. The Labute approximate surface area is 226 Å². The molecule has 0 N–H and O–H groups in total. The lowest BCUT2D eigenvalue weighted by Crippen LogP contribution is -2.67. The van der Waals surface area contributed by atoms with Gasteiger partial charge in [-0.05, 0) is 20.8 Å². The average molecular weight is 492 g/mol. The lowest BCUT2D eigenvalue weighted by molar-refractivity contribution is -0.671. The third-order valence-corrected chi connectivity index (χ3v) is 7.79. The molecule has 1 aromatic heterocycles. The Balaban J connectivity index is 0.000000468. The first-order valence-corrected chi connectivity index (χ1v) is 14.2. The van der Waals surface area contributed by atoms with E-state index >= 15 is 0 Å². The summed E-state index contributed by atoms with van der Waals surface area (Å²) in [6.45, 7) is 8.85. The van der Waals surface area contributed by atoms with Gasteiger partial charge < -0.3 is 0 Å². The SMILES string of the molecule is CCCCCCCC[B-](c1ccc(C)cc1)(c1ccc(C)cc1)c1ccc(C)cc1.C[n+]1ccccc1. The highest BCUT2D eigenvalue weighted by molar-refractivity contribution is 7.11. The zero-order valence-electron chi connectivity index (χ0n) is 23.8.